The molecule has 2 atom stereocenters. The van der Waals surface area contributed by atoms with Crippen molar-refractivity contribution in [1.82, 2.24) is 10.2 Å². The van der Waals surface area contributed by atoms with E-state index in [0.29, 0.717) is 44.1 Å². The molecule has 2 heterocycles. The molecule has 0 saturated carbocycles. The predicted octanol–water partition coefficient (Wildman–Crippen LogP) is 0.412. The Kier molecular flexibility index (Phi) is 5.95. The number of anilines is 1. The molecule has 27 heavy (non-hydrogen) atoms. The Morgan fingerprint density at radius 3 is 2.78 bits per heavy atom. The Morgan fingerprint density at radius 2 is 2.04 bits per heavy atom. The highest BCUT2D eigenvalue weighted by Crippen LogP contribution is 2.31. The molecule has 0 spiro atoms. The highest BCUT2D eigenvalue weighted by Gasteiger charge is 2.39. The molecule has 2 aliphatic heterocycles. The topological polar surface area (TPSA) is 88.2 Å². The van der Waals surface area contributed by atoms with Crippen LogP contribution in [0.15, 0.2) is 24.3 Å². The fourth-order valence-electron chi connectivity index (χ4n) is 3.56. The average molecular weight is 375 g/mol. The van der Waals surface area contributed by atoms with Crippen molar-refractivity contribution >= 4 is 23.4 Å². The van der Waals surface area contributed by atoms with Gasteiger partial charge in [0.05, 0.1) is 25.3 Å². The van der Waals surface area contributed by atoms with E-state index in [9.17, 15) is 14.4 Å². The zero-order valence-corrected chi connectivity index (χ0v) is 15.6. The van der Waals surface area contributed by atoms with Crippen molar-refractivity contribution in [3.05, 3.63) is 24.3 Å². The number of hydrogen-bond acceptors (Lipinski definition) is 5. The molecule has 1 aromatic rings. The maximum absolute atomic E-state index is 12.8. The summed E-state index contributed by atoms with van der Waals surface area (Å²) >= 11 is 0. The largest absolute Gasteiger partial charge is 0.495 e. The van der Waals surface area contributed by atoms with Gasteiger partial charge in [0.1, 0.15) is 11.8 Å². The standard InChI is InChI=1S/C19H25N3O5/c1-26-10-9-21-12-13(11-17(21)23)18(24)20-14-7-8-22(19(14)25)15-5-3-4-6-16(15)27-2/h3-6,13-14H,7-12H2,1-2H3,(H,20,24). The molecule has 2 saturated heterocycles. The van der Waals surface area contributed by atoms with Gasteiger partial charge in [-0.3, -0.25) is 14.4 Å². The third-order valence-corrected chi connectivity index (χ3v) is 5.05. The van der Waals surface area contributed by atoms with E-state index in [2.05, 4.69) is 5.32 Å². The third-order valence-electron chi connectivity index (χ3n) is 5.05. The maximum atomic E-state index is 12.8. The lowest BCUT2D eigenvalue weighted by molar-refractivity contribution is -0.130. The Hall–Kier alpha value is -2.61. The van der Waals surface area contributed by atoms with Crippen LogP contribution in [0.1, 0.15) is 12.8 Å². The lowest BCUT2D eigenvalue weighted by Crippen LogP contribution is -2.44. The lowest BCUT2D eigenvalue weighted by Gasteiger charge is -2.20. The van der Waals surface area contributed by atoms with Crippen LogP contribution < -0.4 is 15.0 Å². The Balaban J connectivity index is 1.60. The molecular weight excluding hydrogens is 350 g/mol. The van der Waals surface area contributed by atoms with Crippen LogP contribution in [0.25, 0.3) is 0 Å². The summed E-state index contributed by atoms with van der Waals surface area (Å²) in [6.45, 7) is 1.79. The SMILES string of the molecule is COCCN1CC(C(=O)NC2CCN(c3ccccc3OC)C2=O)CC1=O. The molecule has 0 aliphatic carbocycles. The van der Waals surface area contributed by atoms with Crippen molar-refractivity contribution in [2.24, 2.45) is 5.92 Å². The third kappa shape index (κ3) is 4.05. The Bertz CT molecular complexity index is 723. The van der Waals surface area contributed by atoms with E-state index >= 15 is 0 Å². The van der Waals surface area contributed by atoms with Crippen LogP contribution in [0, 0.1) is 5.92 Å². The number of carbonyl (C=O) groups is 3. The molecule has 0 bridgehead atoms. The van der Waals surface area contributed by atoms with Crippen LogP contribution >= 0.6 is 0 Å². The van der Waals surface area contributed by atoms with Crippen LogP contribution in [-0.2, 0) is 19.1 Å². The minimum Gasteiger partial charge on any atom is -0.495 e. The highest BCUT2D eigenvalue weighted by atomic mass is 16.5. The molecule has 2 aliphatic rings. The van der Waals surface area contributed by atoms with Crippen molar-refractivity contribution in [3.63, 3.8) is 0 Å². The zero-order valence-electron chi connectivity index (χ0n) is 15.6. The van der Waals surface area contributed by atoms with E-state index in [0.717, 1.165) is 0 Å². The van der Waals surface area contributed by atoms with E-state index in [1.807, 2.05) is 18.2 Å². The fraction of sp³-hybridized carbons (Fsp3) is 0.526. The lowest BCUT2D eigenvalue weighted by atomic mass is 10.1. The van der Waals surface area contributed by atoms with Crippen molar-refractivity contribution in [1.29, 1.82) is 0 Å². The number of para-hydroxylation sites is 2. The smallest absolute Gasteiger partial charge is 0.249 e. The number of ether oxygens (including phenoxy) is 2. The number of methoxy groups -OCH3 is 2. The van der Waals surface area contributed by atoms with Gasteiger partial charge in [-0.2, -0.15) is 0 Å². The summed E-state index contributed by atoms with van der Waals surface area (Å²) in [5.41, 5.74) is 0.698. The summed E-state index contributed by atoms with van der Waals surface area (Å²) < 4.78 is 10.3. The number of hydrogen-bond donors (Lipinski definition) is 1. The van der Waals surface area contributed by atoms with Gasteiger partial charge >= 0.3 is 0 Å². The number of benzene rings is 1. The van der Waals surface area contributed by atoms with Gasteiger partial charge in [0, 0.05) is 33.2 Å². The van der Waals surface area contributed by atoms with Crippen LogP contribution in [0.3, 0.4) is 0 Å². The average Bonchev–Trinajstić information content (AvgIpc) is 3.23. The summed E-state index contributed by atoms with van der Waals surface area (Å²) in [5, 5.41) is 2.82. The summed E-state index contributed by atoms with van der Waals surface area (Å²) in [4.78, 5) is 40.6. The van der Waals surface area contributed by atoms with Crippen molar-refractivity contribution in [2.45, 2.75) is 18.9 Å². The number of rotatable bonds is 7. The van der Waals surface area contributed by atoms with E-state index in [1.54, 1.807) is 30.1 Å². The molecule has 3 rings (SSSR count). The zero-order chi connectivity index (χ0) is 19.4. The minimum absolute atomic E-state index is 0.0550. The van der Waals surface area contributed by atoms with E-state index in [-0.39, 0.29) is 24.1 Å². The van der Waals surface area contributed by atoms with Gasteiger partial charge < -0.3 is 24.6 Å². The molecule has 1 N–H and O–H groups in total. The quantitative estimate of drug-likeness (QED) is 0.746. The van der Waals surface area contributed by atoms with Gasteiger partial charge in [0.25, 0.3) is 0 Å². The van der Waals surface area contributed by atoms with Gasteiger partial charge in [-0.05, 0) is 18.6 Å². The van der Waals surface area contributed by atoms with Crippen molar-refractivity contribution in [2.75, 3.05) is 45.4 Å². The van der Waals surface area contributed by atoms with Gasteiger partial charge in [0.15, 0.2) is 0 Å². The van der Waals surface area contributed by atoms with Gasteiger partial charge in [-0.15, -0.1) is 0 Å². The summed E-state index contributed by atoms with van der Waals surface area (Å²) in [5.74, 6) is -0.270. The Morgan fingerprint density at radius 1 is 1.26 bits per heavy atom. The fourth-order valence-corrected chi connectivity index (χ4v) is 3.56. The summed E-state index contributed by atoms with van der Waals surface area (Å²) in [7, 11) is 3.13. The first kappa shape index (κ1) is 19.2. The van der Waals surface area contributed by atoms with Crippen molar-refractivity contribution < 1.29 is 23.9 Å². The summed E-state index contributed by atoms with van der Waals surface area (Å²) in [6, 6.07) is 6.73. The van der Waals surface area contributed by atoms with Crippen LogP contribution in [-0.4, -0.2) is 69.1 Å². The normalized spacial score (nSPS) is 22.4. The van der Waals surface area contributed by atoms with Gasteiger partial charge in [-0.25, -0.2) is 0 Å². The molecule has 3 amide bonds. The van der Waals surface area contributed by atoms with Crippen LogP contribution in [0.5, 0.6) is 5.75 Å². The van der Waals surface area contributed by atoms with Crippen LogP contribution in [0.4, 0.5) is 5.69 Å². The van der Waals surface area contributed by atoms with E-state index < -0.39 is 12.0 Å². The molecule has 2 fully saturated rings. The monoisotopic (exact) mass is 375 g/mol. The number of amides is 3. The Labute approximate surface area is 158 Å². The number of likely N-dealkylation sites (tertiary alicyclic amines) is 1. The predicted molar refractivity (Wildman–Crippen MR) is 98.5 cm³/mol. The molecule has 1 aromatic carbocycles. The molecule has 2 unspecified atom stereocenters. The first-order valence-electron chi connectivity index (χ1n) is 9.06. The maximum Gasteiger partial charge on any atom is 0.249 e. The number of carbonyl (C=O) groups excluding carboxylic acids is 3. The van der Waals surface area contributed by atoms with Crippen LogP contribution in [0.2, 0.25) is 0 Å². The molecule has 146 valence electrons. The number of nitrogens with zero attached hydrogens (tertiary/aromatic N) is 2. The van der Waals surface area contributed by atoms with E-state index in [4.69, 9.17) is 9.47 Å². The second-order valence-corrected chi connectivity index (χ2v) is 6.75. The first-order valence-corrected chi connectivity index (χ1v) is 9.06. The molecular formula is C19H25N3O5. The molecule has 0 radical (unpaired) electrons. The van der Waals surface area contributed by atoms with Gasteiger partial charge in [-0.1, -0.05) is 12.1 Å². The molecule has 8 nitrogen and oxygen atoms in total. The number of nitrogens with one attached hydrogen (secondary N) is 1. The second kappa shape index (κ2) is 8.39. The van der Waals surface area contributed by atoms with Gasteiger partial charge in [0.2, 0.25) is 17.7 Å². The van der Waals surface area contributed by atoms with Crippen molar-refractivity contribution in [3.8, 4) is 5.75 Å². The summed E-state index contributed by atoms with van der Waals surface area (Å²) in [6.07, 6.45) is 0.698. The minimum atomic E-state index is -0.578. The molecule has 8 heteroatoms. The highest BCUT2D eigenvalue weighted by molar-refractivity contribution is 6.02. The van der Waals surface area contributed by atoms with E-state index in [1.165, 1.54) is 0 Å². The second-order valence-electron chi connectivity index (χ2n) is 6.75. The molecule has 0 aromatic heterocycles. The first-order chi connectivity index (χ1) is 13.0.